The standard InChI is InChI=1S/C34H38N4O9S/c1-23-32(34(42)38(36(23)2)25-9-5-4-6-10-25)24-21-30(33(41)35-28-11-7-8-12-29(28)40)47-31(22-24)46-20-18-37(17-19-39)48(43,44)27-15-13-26(45-3)14-16-27/h4-16,21,24,31,39-40H,17-20,22H2,1-3H3,(H,35,41)/t24-,31+/m1/s1. The summed E-state index contributed by atoms with van der Waals surface area (Å²) in [6.07, 6.45) is 0.655. The molecule has 48 heavy (non-hydrogen) atoms. The van der Waals surface area contributed by atoms with Crippen LogP contribution >= 0.6 is 0 Å². The molecule has 4 aromatic rings. The van der Waals surface area contributed by atoms with E-state index in [-0.39, 0.29) is 53.8 Å². The van der Waals surface area contributed by atoms with E-state index in [0.29, 0.717) is 22.7 Å². The smallest absolute Gasteiger partial charge is 0.290 e. The number of rotatable bonds is 13. The first-order valence-corrected chi connectivity index (χ1v) is 16.7. The maximum atomic E-state index is 13.9. The van der Waals surface area contributed by atoms with Crippen LogP contribution in [0.15, 0.2) is 100 Å². The Balaban J connectivity index is 1.41. The fourth-order valence-corrected chi connectivity index (χ4v) is 6.96. The van der Waals surface area contributed by atoms with E-state index in [1.54, 1.807) is 34.6 Å². The summed E-state index contributed by atoms with van der Waals surface area (Å²) in [7, 11) is -0.747. The van der Waals surface area contributed by atoms with Crippen molar-refractivity contribution in [2.75, 3.05) is 38.7 Å². The molecule has 0 spiro atoms. The maximum Gasteiger partial charge on any atom is 0.290 e. The summed E-state index contributed by atoms with van der Waals surface area (Å²) in [5.41, 5.74) is 1.67. The minimum absolute atomic E-state index is 0.0195. The average Bonchev–Trinajstić information content (AvgIpc) is 3.32. The summed E-state index contributed by atoms with van der Waals surface area (Å²) in [6, 6.07) is 21.3. The van der Waals surface area contributed by atoms with Gasteiger partial charge in [-0.05, 0) is 61.5 Å². The first kappa shape index (κ1) is 34.4. The van der Waals surface area contributed by atoms with Gasteiger partial charge in [-0.25, -0.2) is 13.1 Å². The molecule has 1 aliphatic rings. The monoisotopic (exact) mass is 678 g/mol. The lowest BCUT2D eigenvalue weighted by molar-refractivity contribution is -0.143. The number of ether oxygens (including phenoxy) is 3. The van der Waals surface area contributed by atoms with Crippen LogP contribution in [0.1, 0.15) is 23.6 Å². The van der Waals surface area contributed by atoms with Crippen molar-refractivity contribution in [3.63, 3.8) is 0 Å². The Hall–Kier alpha value is -4.89. The van der Waals surface area contributed by atoms with Gasteiger partial charge in [0, 0.05) is 43.7 Å². The number of aromatic hydroxyl groups is 1. The molecule has 0 saturated heterocycles. The zero-order valence-corrected chi connectivity index (χ0v) is 27.6. The van der Waals surface area contributed by atoms with Crippen molar-refractivity contribution >= 4 is 21.6 Å². The van der Waals surface area contributed by atoms with Gasteiger partial charge in [0.05, 0.1) is 36.6 Å². The van der Waals surface area contributed by atoms with E-state index in [1.165, 1.54) is 43.5 Å². The Morgan fingerprint density at radius 3 is 2.40 bits per heavy atom. The topological polar surface area (TPSA) is 162 Å². The number of para-hydroxylation sites is 3. The largest absolute Gasteiger partial charge is 0.506 e. The lowest BCUT2D eigenvalue weighted by atomic mass is 9.93. The summed E-state index contributed by atoms with van der Waals surface area (Å²) >= 11 is 0. The normalized spacial score (nSPS) is 16.3. The van der Waals surface area contributed by atoms with Gasteiger partial charge in [0.2, 0.25) is 16.3 Å². The molecule has 0 unspecified atom stereocenters. The molecule has 14 heteroatoms. The Kier molecular flexibility index (Phi) is 10.7. The Bertz CT molecular complexity index is 1940. The number of hydrogen-bond donors (Lipinski definition) is 3. The molecule has 3 N–H and O–H groups in total. The number of aromatic nitrogens is 2. The SMILES string of the molecule is COc1ccc(S(=O)(=O)N(CCO)CCO[C@@H]2C[C@H](c3c(C)n(C)n(-c4ccccc4)c3=O)C=C(C(=O)Nc3ccccc3O)O2)cc1. The van der Waals surface area contributed by atoms with Crippen LogP contribution in [0.3, 0.4) is 0 Å². The number of allylic oxidation sites excluding steroid dienone is 1. The zero-order valence-electron chi connectivity index (χ0n) is 26.8. The molecule has 0 saturated carbocycles. The summed E-state index contributed by atoms with van der Waals surface area (Å²) in [5, 5.41) is 22.5. The number of phenolic OH excluding ortho intramolecular Hbond substituents is 1. The van der Waals surface area contributed by atoms with Gasteiger partial charge < -0.3 is 29.7 Å². The van der Waals surface area contributed by atoms with Gasteiger partial charge in [-0.2, -0.15) is 4.31 Å². The Labute approximate surface area is 278 Å². The summed E-state index contributed by atoms with van der Waals surface area (Å²) in [5.74, 6) is -1.07. The van der Waals surface area contributed by atoms with Crippen molar-refractivity contribution in [2.45, 2.75) is 30.4 Å². The number of anilines is 1. The number of amides is 1. The second kappa shape index (κ2) is 14.9. The summed E-state index contributed by atoms with van der Waals surface area (Å²) < 4.78 is 48.2. The Morgan fingerprint density at radius 2 is 1.73 bits per heavy atom. The van der Waals surface area contributed by atoms with Gasteiger partial charge in [0.25, 0.3) is 11.5 Å². The van der Waals surface area contributed by atoms with Crippen LogP contribution in [-0.2, 0) is 31.3 Å². The highest BCUT2D eigenvalue weighted by Crippen LogP contribution is 2.33. The van der Waals surface area contributed by atoms with Gasteiger partial charge in [0.1, 0.15) is 11.5 Å². The van der Waals surface area contributed by atoms with Gasteiger partial charge >= 0.3 is 0 Å². The number of nitrogens with zero attached hydrogens (tertiary/aromatic N) is 3. The van der Waals surface area contributed by atoms with Gasteiger partial charge in [0.15, 0.2) is 5.76 Å². The van der Waals surface area contributed by atoms with E-state index in [2.05, 4.69) is 5.32 Å². The molecule has 1 aliphatic heterocycles. The first-order valence-electron chi connectivity index (χ1n) is 15.2. The molecule has 0 fully saturated rings. The molecular weight excluding hydrogens is 640 g/mol. The lowest BCUT2D eigenvalue weighted by Crippen LogP contribution is -2.38. The van der Waals surface area contributed by atoms with Crippen molar-refractivity contribution in [3.8, 4) is 17.2 Å². The first-order chi connectivity index (χ1) is 23.0. The van der Waals surface area contributed by atoms with Crippen molar-refractivity contribution in [1.82, 2.24) is 13.7 Å². The summed E-state index contributed by atoms with van der Waals surface area (Å²) in [4.78, 5) is 27.3. The summed E-state index contributed by atoms with van der Waals surface area (Å²) in [6.45, 7) is 0.935. The van der Waals surface area contributed by atoms with E-state index >= 15 is 0 Å². The van der Waals surface area contributed by atoms with Crippen LogP contribution < -0.4 is 15.6 Å². The number of aliphatic hydroxyl groups excluding tert-OH is 1. The number of phenols is 1. The molecule has 0 aliphatic carbocycles. The van der Waals surface area contributed by atoms with Crippen LogP contribution in [-0.4, -0.2) is 77.9 Å². The van der Waals surface area contributed by atoms with Gasteiger partial charge in [-0.1, -0.05) is 30.3 Å². The van der Waals surface area contributed by atoms with Crippen LogP contribution in [0.25, 0.3) is 5.69 Å². The highest BCUT2D eigenvalue weighted by molar-refractivity contribution is 7.89. The third-order valence-corrected chi connectivity index (χ3v) is 10.0. The molecule has 2 heterocycles. The molecular formula is C34H38N4O9S. The van der Waals surface area contributed by atoms with E-state index in [1.807, 2.05) is 37.3 Å². The van der Waals surface area contributed by atoms with Crippen molar-refractivity contribution in [1.29, 1.82) is 0 Å². The van der Waals surface area contributed by atoms with Crippen LogP contribution in [0.2, 0.25) is 0 Å². The quantitative estimate of drug-likeness (QED) is 0.180. The number of carbonyl (C=O) groups excluding carboxylic acids is 1. The number of methoxy groups -OCH3 is 1. The van der Waals surface area contributed by atoms with Crippen LogP contribution in [0.4, 0.5) is 5.69 Å². The molecule has 0 radical (unpaired) electrons. The lowest BCUT2D eigenvalue weighted by Gasteiger charge is -2.30. The molecule has 2 atom stereocenters. The number of aliphatic hydroxyl groups is 1. The predicted molar refractivity (Wildman–Crippen MR) is 178 cm³/mol. The minimum Gasteiger partial charge on any atom is -0.506 e. The highest BCUT2D eigenvalue weighted by Gasteiger charge is 2.34. The number of sulfonamides is 1. The van der Waals surface area contributed by atoms with Crippen LogP contribution in [0, 0.1) is 6.92 Å². The van der Waals surface area contributed by atoms with E-state index in [0.717, 1.165) is 4.31 Å². The minimum atomic E-state index is -4.00. The van der Waals surface area contributed by atoms with E-state index in [4.69, 9.17) is 14.2 Å². The molecule has 5 rings (SSSR count). The fraction of sp³-hybridized carbons (Fsp3) is 0.294. The van der Waals surface area contributed by atoms with Gasteiger partial charge in [-0.3, -0.25) is 14.3 Å². The molecule has 0 bridgehead atoms. The molecule has 1 amide bonds. The maximum absolute atomic E-state index is 13.9. The molecule has 1 aromatic heterocycles. The zero-order chi connectivity index (χ0) is 34.4. The molecule has 13 nitrogen and oxygen atoms in total. The molecule has 254 valence electrons. The van der Waals surface area contributed by atoms with E-state index < -0.39 is 34.7 Å². The van der Waals surface area contributed by atoms with Crippen LogP contribution in [0.5, 0.6) is 11.5 Å². The number of hydrogen-bond acceptors (Lipinski definition) is 9. The third kappa shape index (κ3) is 7.31. The van der Waals surface area contributed by atoms with E-state index in [9.17, 15) is 28.2 Å². The molecule has 3 aromatic carbocycles. The van der Waals surface area contributed by atoms with Crippen molar-refractivity contribution < 1.29 is 37.6 Å². The van der Waals surface area contributed by atoms with Crippen molar-refractivity contribution in [2.24, 2.45) is 7.05 Å². The fourth-order valence-electron chi connectivity index (χ4n) is 5.55. The van der Waals surface area contributed by atoms with Gasteiger partial charge in [-0.15, -0.1) is 0 Å². The Morgan fingerprint density at radius 1 is 1.04 bits per heavy atom. The highest BCUT2D eigenvalue weighted by atomic mass is 32.2. The average molecular weight is 679 g/mol. The number of carbonyl (C=O) groups is 1. The van der Waals surface area contributed by atoms with Crippen molar-refractivity contribution in [3.05, 3.63) is 112 Å². The second-order valence-electron chi connectivity index (χ2n) is 11.0. The number of nitrogens with one attached hydrogen (secondary N) is 1. The number of benzene rings is 3. The third-order valence-electron chi connectivity index (χ3n) is 8.09. The second-order valence-corrected chi connectivity index (χ2v) is 13.0. The predicted octanol–water partition coefficient (Wildman–Crippen LogP) is 3.25.